The van der Waals surface area contributed by atoms with E-state index in [4.69, 9.17) is 0 Å². The summed E-state index contributed by atoms with van der Waals surface area (Å²) < 4.78 is 0. The summed E-state index contributed by atoms with van der Waals surface area (Å²) in [6.07, 6.45) is 1.23. The van der Waals surface area contributed by atoms with Gasteiger partial charge in [0.1, 0.15) is 0 Å². The summed E-state index contributed by atoms with van der Waals surface area (Å²) in [6, 6.07) is 0.659. The minimum absolute atomic E-state index is 0.659. The van der Waals surface area contributed by atoms with Gasteiger partial charge in [-0.1, -0.05) is 6.92 Å². The van der Waals surface area contributed by atoms with Gasteiger partial charge in [0.05, 0.1) is 0 Å². The monoisotopic (exact) mass is 204 g/mol. The Labute approximate surface area is 87.5 Å². The first kappa shape index (κ1) is 13.3. The highest BCUT2D eigenvalue weighted by Gasteiger charge is 1.99. The third-order valence-corrected chi connectivity index (χ3v) is 3.00. The zero-order valence-corrected chi connectivity index (χ0v) is 10.3. The minimum atomic E-state index is 0.659. The van der Waals surface area contributed by atoms with Gasteiger partial charge in [0.15, 0.2) is 0 Å². The smallest absolute Gasteiger partial charge is 0.0129 e. The predicted octanol–water partition coefficient (Wildman–Crippen LogP) is 1.67. The Bertz CT molecular complexity index is 107. The number of rotatable bonds is 8. The summed E-state index contributed by atoms with van der Waals surface area (Å²) in [5, 5.41) is 3.49. The molecule has 0 radical (unpaired) electrons. The van der Waals surface area contributed by atoms with Crippen LogP contribution in [-0.4, -0.2) is 49.6 Å². The summed E-state index contributed by atoms with van der Waals surface area (Å²) >= 11 is 2.04. The van der Waals surface area contributed by atoms with E-state index in [0.717, 1.165) is 6.54 Å². The van der Waals surface area contributed by atoms with Crippen LogP contribution in [0.25, 0.3) is 0 Å². The lowest BCUT2D eigenvalue weighted by Gasteiger charge is -2.13. The van der Waals surface area contributed by atoms with Gasteiger partial charge in [-0.05, 0) is 34.0 Å². The number of thioether (sulfide) groups is 1. The molecule has 0 rings (SSSR count). The van der Waals surface area contributed by atoms with Crippen molar-refractivity contribution in [2.45, 2.75) is 26.3 Å². The van der Waals surface area contributed by atoms with Gasteiger partial charge in [-0.25, -0.2) is 0 Å². The van der Waals surface area contributed by atoms with Crippen LogP contribution < -0.4 is 5.32 Å². The van der Waals surface area contributed by atoms with Crippen LogP contribution in [0.1, 0.15) is 20.3 Å². The quantitative estimate of drug-likeness (QED) is 0.606. The lowest BCUT2D eigenvalue weighted by atomic mass is 10.3. The largest absolute Gasteiger partial charge is 0.313 e. The average Bonchev–Trinajstić information content (AvgIpc) is 2.08. The maximum absolute atomic E-state index is 3.49. The van der Waals surface area contributed by atoms with Crippen LogP contribution in [0, 0.1) is 0 Å². The molecule has 80 valence electrons. The number of nitrogens with zero attached hydrogens (tertiary/aromatic N) is 1. The molecule has 2 nitrogen and oxygen atoms in total. The lowest BCUT2D eigenvalue weighted by molar-refractivity contribution is 0.437. The molecule has 0 aliphatic heterocycles. The van der Waals surface area contributed by atoms with Gasteiger partial charge >= 0.3 is 0 Å². The Morgan fingerprint density at radius 2 is 2.08 bits per heavy atom. The van der Waals surface area contributed by atoms with Crippen LogP contribution in [0.2, 0.25) is 0 Å². The molecule has 0 aromatic rings. The molecule has 1 atom stereocenters. The molecule has 0 amide bonds. The minimum Gasteiger partial charge on any atom is -0.313 e. The Morgan fingerprint density at radius 1 is 1.38 bits per heavy atom. The number of hydrogen-bond donors (Lipinski definition) is 1. The average molecular weight is 204 g/mol. The summed E-state index contributed by atoms with van der Waals surface area (Å²) in [5.41, 5.74) is 0. The van der Waals surface area contributed by atoms with Gasteiger partial charge < -0.3 is 10.2 Å². The van der Waals surface area contributed by atoms with E-state index in [9.17, 15) is 0 Å². The van der Waals surface area contributed by atoms with E-state index in [0.29, 0.717) is 6.04 Å². The summed E-state index contributed by atoms with van der Waals surface area (Å²) in [6.45, 7) is 6.80. The Hall–Kier alpha value is 0.270. The van der Waals surface area contributed by atoms with Crippen LogP contribution in [0.5, 0.6) is 0 Å². The molecule has 0 spiro atoms. The Kier molecular flexibility index (Phi) is 9.03. The molecule has 0 aliphatic rings. The molecule has 3 heteroatoms. The van der Waals surface area contributed by atoms with E-state index < -0.39 is 0 Å². The van der Waals surface area contributed by atoms with E-state index in [-0.39, 0.29) is 0 Å². The molecular formula is C10H24N2S. The van der Waals surface area contributed by atoms with Crippen molar-refractivity contribution in [3.8, 4) is 0 Å². The normalized spacial score (nSPS) is 13.6. The zero-order chi connectivity index (χ0) is 10.1. The van der Waals surface area contributed by atoms with E-state index in [1.165, 1.54) is 24.5 Å². The van der Waals surface area contributed by atoms with Gasteiger partial charge in [-0.2, -0.15) is 11.8 Å². The fraction of sp³-hybridized carbons (Fsp3) is 1.00. The second-order valence-corrected chi connectivity index (χ2v) is 4.88. The zero-order valence-electron chi connectivity index (χ0n) is 9.47. The Balaban J connectivity index is 3.12. The first-order chi connectivity index (χ1) is 6.16. The van der Waals surface area contributed by atoms with E-state index in [1.54, 1.807) is 0 Å². The van der Waals surface area contributed by atoms with Crippen molar-refractivity contribution in [1.82, 2.24) is 10.2 Å². The maximum atomic E-state index is 3.49. The number of nitrogens with one attached hydrogen (secondary N) is 1. The molecule has 13 heavy (non-hydrogen) atoms. The second kappa shape index (κ2) is 8.85. The standard InChI is InChI=1S/C10H24N2S/c1-5-6-11-10(2)9-13-8-7-12(3)4/h10-11H,5-9H2,1-4H3. The van der Waals surface area contributed by atoms with Gasteiger partial charge in [0, 0.05) is 24.1 Å². The highest BCUT2D eigenvalue weighted by atomic mass is 32.2. The molecule has 0 aromatic carbocycles. The van der Waals surface area contributed by atoms with Crippen LogP contribution in [0.4, 0.5) is 0 Å². The van der Waals surface area contributed by atoms with Crippen LogP contribution in [0.3, 0.4) is 0 Å². The highest BCUT2D eigenvalue weighted by molar-refractivity contribution is 7.99. The van der Waals surface area contributed by atoms with Crippen LogP contribution in [-0.2, 0) is 0 Å². The topological polar surface area (TPSA) is 15.3 Å². The van der Waals surface area contributed by atoms with Crippen LogP contribution in [0.15, 0.2) is 0 Å². The van der Waals surface area contributed by atoms with Gasteiger partial charge in [0.2, 0.25) is 0 Å². The fourth-order valence-corrected chi connectivity index (χ4v) is 2.09. The molecule has 0 saturated carbocycles. The SMILES string of the molecule is CCCNC(C)CSCCN(C)C. The van der Waals surface area contributed by atoms with E-state index in [2.05, 4.69) is 38.2 Å². The van der Waals surface area contributed by atoms with E-state index in [1.807, 2.05) is 11.8 Å². The van der Waals surface area contributed by atoms with Gasteiger partial charge in [-0.3, -0.25) is 0 Å². The first-order valence-corrected chi connectivity index (χ1v) is 6.28. The predicted molar refractivity (Wildman–Crippen MR) is 63.6 cm³/mol. The second-order valence-electron chi connectivity index (χ2n) is 3.73. The molecule has 0 aromatic heterocycles. The molecule has 0 heterocycles. The van der Waals surface area contributed by atoms with Crippen molar-refractivity contribution >= 4 is 11.8 Å². The highest BCUT2D eigenvalue weighted by Crippen LogP contribution is 2.02. The van der Waals surface area contributed by atoms with Gasteiger partial charge in [-0.15, -0.1) is 0 Å². The first-order valence-electron chi connectivity index (χ1n) is 5.12. The van der Waals surface area contributed by atoms with Crippen molar-refractivity contribution in [3.63, 3.8) is 0 Å². The molecule has 1 unspecified atom stereocenters. The van der Waals surface area contributed by atoms with Crippen molar-refractivity contribution in [1.29, 1.82) is 0 Å². The number of hydrogen-bond acceptors (Lipinski definition) is 3. The lowest BCUT2D eigenvalue weighted by Crippen LogP contribution is -2.29. The molecule has 0 bridgehead atoms. The third-order valence-electron chi connectivity index (χ3n) is 1.79. The summed E-state index contributed by atoms with van der Waals surface area (Å²) in [7, 11) is 4.25. The van der Waals surface area contributed by atoms with E-state index >= 15 is 0 Å². The van der Waals surface area contributed by atoms with Crippen molar-refractivity contribution < 1.29 is 0 Å². The molecule has 1 N–H and O–H groups in total. The van der Waals surface area contributed by atoms with Crippen molar-refractivity contribution in [2.75, 3.05) is 38.7 Å². The summed E-state index contributed by atoms with van der Waals surface area (Å²) in [4.78, 5) is 2.23. The van der Waals surface area contributed by atoms with Crippen molar-refractivity contribution in [2.24, 2.45) is 0 Å². The Morgan fingerprint density at radius 3 is 2.62 bits per heavy atom. The van der Waals surface area contributed by atoms with Crippen molar-refractivity contribution in [3.05, 3.63) is 0 Å². The molecule has 0 aliphatic carbocycles. The summed E-state index contributed by atoms with van der Waals surface area (Å²) in [5.74, 6) is 2.47. The van der Waals surface area contributed by atoms with Crippen LogP contribution >= 0.6 is 11.8 Å². The third kappa shape index (κ3) is 10.2. The molecule has 0 fully saturated rings. The molecule has 0 saturated heterocycles. The molecular weight excluding hydrogens is 180 g/mol. The van der Waals surface area contributed by atoms with Gasteiger partial charge in [0.25, 0.3) is 0 Å². The maximum Gasteiger partial charge on any atom is 0.0129 e. The fourth-order valence-electron chi connectivity index (χ4n) is 0.957.